The summed E-state index contributed by atoms with van der Waals surface area (Å²) in [4.78, 5) is 23.7. The van der Waals surface area contributed by atoms with Crippen LogP contribution in [0, 0.1) is 0 Å². The Morgan fingerprint density at radius 1 is 0.667 bits per heavy atom. The molecule has 0 bridgehead atoms. The average Bonchev–Trinajstić information content (AvgIpc) is 2.50. The lowest BCUT2D eigenvalue weighted by molar-refractivity contribution is -0.132. The molecule has 24 heavy (non-hydrogen) atoms. The molecule has 6 nitrogen and oxygen atoms in total. The van der Waals surface area contributed by atoms with Crippen LogP contribution >= 0.6 is 46.4 Å². The first kappa shape index (κ1) is 18.5. The van der Waals surface area contributed by atoms with E-state index in [1.165, 1.54) is 24.3 Å². The Labute approximate surface area is 155 Å². The van der Waals surface area contributed by atoms with Crippen molar-refractivity contribution in [3.63, 3.8) is 0 Å². The van der Waals surface area contributed by atoms with E-state index < -0.39 is 11.8 Å². The summed E-state index contributed by atoms with van der Waals surface area (Å²) in [5, 5.41) is 23.1. The molecule has 0 heterocycles. The topological polar surface area (TPSA) is 98.7 Å². The SMILES string of the molecule is O=C(Nc1cc(Cl)c(O)c(Cl)c1)C(=O)Nc1cc(Cl)c(O)c(Cl)c1. The summed E-state index contributed by atoms with van der Waals surface area (Å²) in [6.07, 6.45) is 0. The standard InChI is InChI=1S/C14H8Cl4N2O4/c15-7-1-5(2-8(16)11(7)21)19-13(23)14(24)20-6-3-9(17)12(22)10(18)4-6/h1-4,21-22H,(H,19,23)(H,20,24). The molecule has 0 radical (unpaired) electrons. The van der Waals surface area contributed by atoms with Crippen molar-refractivity contribution in [1.82, 2.24) is 0 Å². The van der Waals surface area contributed by atoms with Crippen LogP contribution in [0.2, 0.25) is 20.1 Å². The van der Waals surface area contributed by atoms with E-state index in [1.807, 2.05) is 0 Å². The molecule has 0 saturated heterocycles. The number of halogens is 4. The van der Waals surface area contributed by atoms with Crippen molar-refractivity contribution < 1.29 is 19.8 Å². The van der Waals surface area contributed by atoms with Gasteiger partial charge in [-0.1, -0.05) is 46.4 Å². The molecule has 2 amide bonds. The van der Waals surface area contributed by atoms with E-state index in [-0.39, 0.29) is 43.0 Å². The van der Waals surface area contributed by atoms with Crippen LogP contribution in [-0.2, 0) is 9.59 Å². The van der Waals surface area contributed by atoms with E-state index in [0.717, 1.165) is 0 Å². The highest BCUT2D eigenvalue weighted by atomic mass is 35.5. The zero-order chi connectivity index (χ0) is 18.0. The van der Waals surface area contributed by atoms with Crippen LogP contribution < -0.4 is 10.6 Å². The van der Waals surface area contributed by atoms with E-state index >= 15 is 0 Å². The molecule has 0 atom stereocenters. The number of rotatable bonds is 2. The lowest BCUT2D eigenvalue weighted by atomic mass is 10.2. The van der Waals surface area contributed by atoms with Crippen LogP contribution in [0.1, 0.15) is 0 Å². The number of anilines is 2. The molecule has 0 aliphatic rings. The summed E-state index contributed by atoms with van der Waals surface area (Å²) < 4.78 is 0. The van der Waals surface area contributed by atoms with Crippen LogP contribution in [0.4, 0.5) is 11.4 Å². The number of phenolic OH excluding ortho intramolecular Hbond substituents is 2. The second-order valence-corrected chi connectivity index (χ2v) is 6.11. The minimum atomic E-state index is -1.02. The zero-order valence-corrected chi connectivity index (χ0v) is 14.6. The third-order valence-corrected chi connectivity index (χ3v) is 3.91. The van der Waals surface area contributed by atoms with Crippen molar-refractivity contribution in [1.29, 1.82) is 0 Å². The zero-order valence-electron chi connectivity index (χ0n) is 11.5. The normalized spacial score (nSPS) is 10.3. The number of hydrogen-bond acceptors (Lipinski definition) is 4. The Balaban J connectivity index is 2.12. The van der Waals surface area contributed by atoms with Crippen LogP contribution in [0.5, 0.6) is 11.5 Å². The number of carbonyl (C=O) groups is 2. The summed E-state index contributed by atoms with van der Waals surface area (Å²) in [5.74, 6) is -2.72. The second kappa shape index (κ2) is 7.36. The molecule has 2 aromatic carbocycles. The van der Waals surface area contributed by atoms with E-state index in [9.17, 15) is 19.8 Å². The predicted molar refractivity (Wildman–Crippen MR) is 93.5 cm³/mol. The fraction of sp³-hybridized carbons (Fsp3) is 0. The van der Waals surface area contributed by atoms with Crippen LogP contribution in [0.15, 0.2) is 24.3 Å². The molecule has 4 N–H and O–H groups in total. The van der Waals surface area contributed by atoms with Gasteiger partial charge in [0.2, 0.25) is 0 Å². The fourth-order valence-corrected chi connectivity index (χ4v) is 2.63. The molecule has 126 valence electrons. The van der Waals surface area contributed by atoms with Gasteiger partial charge in [0, 0.05) is 11.4 Å². The number of aromatic hydroxyl groups is 2. The summed E-state index contributed by atoms with van der Waals surface area (Å²) in [6.45, 7) is 0. The number of amides is 2. The first-order valence-electron chi connectivity index (χ1n) is 6.17. The van der Waals surface area contributed by atoms with E-state index in [4.69, 9.17) is 46.4 Å². The van der Waals surface area contributed by atoms with Crippen LogP contribution in [-0.4, -0.2) is 22.0 Å². The maximum atomic E-state index is 11.9. The first-order chi connectivity index (χ1) is 11.2. The molecule has 0 saturated carbocycles. The summed E-state index contributed by atoms with van der Waals surface area (Å²) >= 11 is 22.9. The molecule has 0 aromatic heterocycles. The monoisotopic (exact) mass is 408 g/mol. The van der Waals surface area contributed by atoms with Crippen molar-refractivity contribution in [2.45, 2.75) is 0 Å². The van der Waals surface area contributed by atoms with Gasteiger partial charge < -0.3 is 20.8 Å². The minimum Gasteiger partial charge on any atom is -0.505 e. The number of benzene rings is 2. The molecule has 0 aliphatic heterocycles. The van der Waals surface area contributed by atoms with E-state index in [1.54, 1.807) is 0 Å². The summed E-state index contributed by atoms with van der Waals surface area (Å²) in [5.41, 5.74) is 0.231. The van der Waals surface area contributed by atoms with Crippen LogP contribution in [0.3, 0.4) is 0 Å². The highest BCUT2D eigenvalue weighted by Crippen LogP contribution is 2.35. The Bertz CT molecular complexity index is 726. The third-order valence-electron chi connectivity index (χ3n) is 2.76. The molecule has 2 rings (SSSR count). The molecule has 0 unspecified atom stereocenters. The Hall–Kier alpha value is -1.86. The maximum Gasteiger partial charge on any atom is 0.314 e. The van der Waals surface area contributed by atoms with Gasteiger partial charge in [-0.25, -0.2) is 0 Å². The van der Waals surface area contributed by atoms with Crippen molar-refractivity contribution in [2.24, 2.45) is 0 Å². The highest BCUT2D eigenvalue weighted by molar-refractivity contribution is 6.44. The largest absolute Gasteiger partial charge is 0.505 e. The van der Waals surface area contributed by atoms with Gasteiger partial charge >= 0.3 is 11.8 Å². The van der Waals surface area contributed by atoms with Gasteiger partial charge in [0.05, 0.1) is 20.1 Å². The third kappa shape index (κ3) is 4.15. The fourth-order valence-electron chi connectivity index (χ4n) is 1.65. The second-order valence-electron chi connectivity index (χ2n) is 4.49. The molecule has 10 heteroatoms. The molecule has 0 aliphatic carbocycles. The van der Waals surface area contributed by atoms with Crippen molar-refractivity contribution in [2.75, 3.05) is 10.6 Å². The smallest absolute Gasteiger partial charge is 0.314 e. The highest BCUT2D eigenvalue weighted by Gasteiger charge is 2.17. The van der Waals surface area contributed by atoms with Crippen molar-refractivity contribution in [3.05, 3.63) is 44.4 Å². The van der Waals surface area contributed by atoms with E-state index in [0.29, 0.717) is 0 Å². The quantitative estimate of drug-likeness (QED) is 0.439. The van der Waals surface area contributed by atoms with Gasteiger partial charge in [0.1, 0.15) is 0 Å². The van der Waals surface area contributed by atoms with Gasteiger partial charge in [0.15, 0.2) is 11.5 Å². The van der Waals surface area contributed by atoms with E-state index in [2.05, 4.69) is 10.6 Å². The number of nitrogens with one attached hydrogen (secondary N) is 2. The molecular weight excluding hydrogens is 402 g/mol. The molecule has 0 spiro atoms. The first-order valence-corrected chi connectivity index (χ1v) is 7.68. The van der Waals surface area contributed by atoms with Crippen LogP contribution in [0.25, 0.3) is 0 Å². The molecular formula is C14H8Cl4N2O4. The summed E-state index contributed by atoms with van der Waals surface area (Å²) in [7, 11) is 0. The lowest BCUT2D eigenvalue weighted by Crippen LogP contribution is -2.29. The van der Waals surface area contributed by atoms with Gasteiger partial charge in [0.25, 0.3) is 0 Å². The van der Waals surface area contributed by atoms with Crippen molar-refractivity contribution in [3.8, 4) is 11.5 Å². The molecule has 2 aromatic rings. The van der Waals surface area contributed by atoms with Gasteiger partial charge in [-0.2, -0.15) is 0 Å². The van der Waals surface area contributed by atoms with Crippen molar-refractivity contribution >= 4 is 69.6 Å². The molecule has 0 fully saturated rings. The predicted octanol–water partition coefficient (Wildman–Crippen LogP) is 4.29. The Kier molecular flexibility index (Phi) is 5.66. The van der Waals surface area contributed by atoms with Gasteiger partial charge in [-0.05, 0) is 24.3 Å². The maximum absolute atomic E-state index is 11.9. The Morgan fingerprint density at radius 3 is 1.17 bits per heavy atom. The number of carbonyl (C=O) groups excluding carboxylic acids is 2. The minimum absolute atomic E-state index is 0.0877. The number of phenols is 2. The lowest BCUT2D eigenvalue weighted by Gasteiger charge is -2.09. The Morgan fingerprint density at radius 2 is 0.917 bits per heavy atom. The van der Waals surface area contributed by atoms with Gasteiger partial charge in [-0.3, -0.25) is 9.59 Å². The number of hydrogen-bond donors (Lipinski definition) is 4. The average molecular weight is 410 g/mol. The summed E-state index contributed by atoms with van der Waals surface area (Å²) in [6, 6.07) is 4.90. The van der Waals surface area contributed by atoms with Gasteiger partial charge in [-0.15, -0.1) is 0 Å².